The fourth-order valence-electron chi connectivity index (χ4n) is 6.36. The number of fused-ring (bicyclic) bond motifs is 1. The van der Waals surface area contributed by atoms with Crippen LogP contribution in [0, 0.1) is 17.8 Å². The first-order valence-corrected chi connectivity index (χ1v) is 12.4. The zero-order valence-corrected chi connectivity index (χ0v) is 20.5. The van der Waals surface area contributed by atoms with Crippen LogP contribution in [0.2, 0.25) is 0 Å². The molecule has 8 heteroatoms. The predicted octanol–water partition coefficient (Wildman–Crippen LogP) is 2.32. The van der Waals surface area contributed by atoms with Gasteiger partial charge in [0.05, 0.1) is 17.4 Å². The topological polar surface area (TPSA) is 108 Å². The molecule has 2 bridgehead atoms. The standard InChI is InChI=1S/C26H37N3O5/c1-16(2)27-23(32)21-26-15-17(3)25(4,34-26)19(22(31)28-18-11-7-5-8-12-18)20(26)24(33)29(21)13-9-6-10-14-30/h5,7-8,11-12,16-17,19-21,30H,6,9-10,13-15H2,1-4H3,(H,27,32)(H,28,31)/t17?,19-,20+,21?,25+,26?/m1/s1. The van der Waals surface area contributed by atoms with E-state index in [1.54, 1.807) is 4.90 Å². The third-order valence-corrected chi connectivity index (χ3v) is 7.87. The number of ether oxygens (including phenoxy) is 1. The van der Waals surface area contributed by atoms with Crippen molar-refractivity contribution < 1.29 is 24.2 Å². The number of benzene rings is 1. The summed E-state index contributed by atoms with van der Waals surface area (Å²) in [5, 5.41) is 15.1. The van der Waals surface area contributed by atoms with E-state index in [0.29, 0.717) is 31.5 Å². The predicted molar refractivity (Wildman–Crippen MR) is 128 cm³/mol. The zero-order chi connectivity index (χ0) is 24.7. The molecule has 186 valence electrons. The maximum absolute atomic E-state index is 13.9. The number of aliphatic hydroxyl groups excluding tert-OH is 1. The van der Waals surface area contributed by atoms with Crippen LogP contribution in [0.15, 0.2) is 30.3 Å². The molecule has 3 aliphatic heterocycles. The number of rotatable bonds is 9. The summed E-state index contributed by atoms with van der Waals surface area (Å²) in [6.07, 6.45) is 2.63. The minimum absolute atomic E-state index is 0.00626. The molecule has 0 aromatic heterocycles. The Morgan fingerprint density at radius 1 is 1.18 bits per heavy atom. The number of carbonyl (C=O) groups excluding carboxylic acids is 3. The second kappa shape index (κ2) is 9.30. The van der Waals surface area contributed by atoms with E-state index < -0.39 is 29.1 Å². The summed E-state index contributed by atoms with van der Waals surface area (Å²) in [7, 11) is 0. The minimum atomic E-state index is -1.03. The van der Waals surface area contributed by atoms with E-state index >= 15 is 0 Å². The molecule has 8 nitrogen and oxygen atoms in total. The van der Waals surface area contributed by atoms with Crippen LogP contribution < -0.4 is 10.6 Å². The normalized spacial score (nSPS) is 33.9. The Bertz CT molecular complexity index is 938. The SMILES string of the molecule is CC(C)NC(=O)C1N(CCCCCO)C(=O)[C@@H]2[C@H](C(=O)Nc3ccccc3)[C@@]3(C)OC12CC3C. The molecule has 6 atom stereocenters. The van der Waals surface area contributed by atoms with Crippen LogP contribution in [-0.4, -0.2) is 64.2 Å². The summed E-state index contributed by atoms with van der Waals surface area (Å²) in [4.78, 5) is 42.6. The van der Waals surface area contributed by atoms with Crippen LogP contribution in [0.1, 0.15) is 53.4 Å². The lowest BCUT2D eigenvalue weighted by molar-refractivity contribution is -0.146. The molecule has 3 fully saturated rings. The minimum Gasteiger partial charge on any atom is -0.396 e. The summed E-state index contributed by atoms with van der Waals surface area (Å²) in [5.41, 5.74) is -1.20. The summed E-state index contributed by atoms with van der Waals surface area (Å²) < 4.78 is 6.67. The molecule has 0 radical (unpaired) electrons. The van der Waals surface area contributed by atoms with Crippen molar-refractivity contribution in [1.29, 1.82) is 0 Å². The van der Waals surface area contributed by atoms with Crippen LogP contribution in [0.4, 0.5) is 5.69 Å². The molecule has 4 rings (SSSR count). The van der Waals surface area contributed by atoms with Gasteiger partial charge in [0.25, 0.3) is 0 Å². The van der Waals surface area contributed by atoms with Crippen LogP contribution in [0.25, 0.3) is 0 Å². The Hall–Kier alpha value is -2.45. The van der Waals surface area contributed by atoms with E-state index in [1.165, 1.54) is 0 Å². The first-order valence-electron chi connectivity index (χ1n) is 12.4. The number of amides is 3. The highest BCUT2D eigenvalue weighted by Gasteiger charge is 2.79. The molecular weight excluding hydrogens is 434 g/mol. The van der Waals surface area contributed by atoms with Crippen molar-refractivity contribution in [2.24, 2.45) is 17.8 Å². The van der Waals surface area contributed by atoms with Gasteiger partial charge in [-0.2, -0.15) is 0 Å². The van der Waals surface area contributed by atoms with Crippen LogP contribution in [0.3, 0.4) is 0 Å². The first kappa shape index (κ1) is 24.7. The largest absolute Gasteiger partial charge is 0.396 e. The summed E-state index contributed by atoms with van der Waals surface area (Å²) in [6, 6.07) is 8.34. The van der Waals surface area contributed by atoms with Crippen molar-refractivity contribution in [1.82, 2.24) is 10.2 Å². The van der Waals surface area contributed by atoms with Crippen LogP contribution in [0.5, 0.6) is 0 Å². The summed E-state index contributed by atoms with van der Waals surface area (Å²) >= 11 is 0. The molecule has 0 aliphatic carbocycles. The van der Waals surface area contributed by atoms with Gasteiger partial charge in [0.1, 0.15) is 11.6 Å². The maximum Gasteiger partial charge on any atom is 0.246 e. The Labute approximate surface area is 201 Å². The van der Waals surface area contributed by atoms with E-state index in [-0.39, 0.29) is 36.3 Å². The molecule has 3 heterocycles. The Morgan fingerprint density at radius 3 is 2.53 bits per heavy atom. The van der Waals surface area contributed by atoms with E-state index in [2.05, 4.69) is 10.6 Å². The summed E-state index contributed by atoms with van der Waals surface area (Å²) in [6.45, 7) is 8.23. The molecular formula is C26H37N3O5. The second-order valence-corrected chi connectivity index (χ2v) is 10.5. The highest BCUT2D eigenvalue weighted by molar-refractivity contribution is 6.02. The van der Waals surface area contributed by atoms with Gasteiger partial charge in [-0.1, -0.05) is 25.1 Å². The number of para-hydroxylation sites is 1. The number of carbonyl (C=O) groups is 3. The number of likely N-dealkylation sites (tertiary alicyclic amines) is 1. The Balaban J connectivity index is 1.69. The molecule has 1 aromatic rings. The third kappa shape index (κ3) is 3.90. The second-order valence-electron chi connectivity index (χ2n) is 10.5. The molecule has 1 spiro atoms. The van der Waals surface area contributed by atoms with Crippen LogP contribution >= 0.6 is 0 Å². The van der Waals surface area contributed by atoms with E-state index in [4.69, 9.17) is 9.84 Å². The third-order valence-electron chi connectivity index (χ3n) is 7.87. The molecule has 1 aromatic carbocycles. The van der Waals surface area contributed by atoms with Gasteiger partial charge in [-0.15, -0.1) is 0 Å². The number of hydrogen-bond acceptors (Lipinski definition) is 5. The van der Waals surface area contributed by atoms with Gasteiger partial charge in [0, 0.05) is 24.9 Å². The number of aliphatic hydroxyl groups is 1. The van der Waals surface area contributed by atoms with Gasteiger partial charge in [-0.05, 0) is 64.5 Å². The fraction of sp³-hybridized carbons (Fsp3) is 0.654. The molecule has 3 amide bonds. The highest BCUT2D eigenvalue weighted by Crippen LogP contribution is 2.65. The van der Waals surface area contributed by atoms with E-state index in [0.717, 1.165) is 6.42 Å². The van der Waals surface area contributed by atoms with Crippen molar-refractivity contribution in [3.05, 3.63) is 30.3 Å². The van der Waals surface area contributed by atoms with Crippen LogP contribution in [-0.2, 0) is 19.1 Å². The lowest BCUT2D eigenvalue weighted by Gasteiger charge is -2.36. The van der Waals surface area contributed by atoms with Crippen molar-refractivity contribution >= 4 is 23.4 Å². The van der Waals surface area contributed by atoms with Gasteiger partial charge in [-0.25, -0.2) is 0 Å². The number of unbranched alkanes of at least 4 members (excludes halogenated alkanes) is 2. The molecule has 3 saturated heterocycles. The number of nitrogens with zero attached hydrogens (tertiary/aromatic N) is 1. The quantitative estimate of drug-likeness (QED) is 0.479. The number of nitrogens with one attached hydrogen (secondary N) is 2. The van der Waals surface area contributed by atoms with Crippen molar-refractivity contribution in [2.45, 2.75) is 76.7 Å². The van der Waals surface area contributed by atoms with Gasteiger partial charge < -0.3 is 25.4 Å². The lowest BCUT2D eigenvalue weighted by atomic mass is 9.62. The zero-order valence-electron chi connectivity index (χ0n) is 20.5. The van der Waals surface area contributed by atoms with Gasteiger partial charge in [-0.3, -0.25) is 14.4 Å². The lowest BCUT2D eigenvalue weighted by Crippen LogP contribution is -2.56. The molecule has 3 unspecified atom stereocenters. The van der Waals surface area contributed by atoms with Crippen molar-refractivity contribution in [3.63, 3.8) is 0 Å². The van der Waals surface area contributed by atoms with Crippen molar-refractivity contribution in [3.8, 4) is 0 Å². The Kier molecular flexibility index (Phi) is 6.75. The first-order chi connectivity index (χ1) is 16.2. The van der Waals surface area contributed by atoms with Gasteiger partial charge >= 0.3 is 0 Å². The maximum atomic E-state index is 13.9. The molecule has 3 N–H and O–H groups in total. The average Bonchev–Trinajstić information content (AvgIpc) is 3.28. The number of anilines is 1. The van der Waals surface area contributed by atoms with E-state index in [9.17, 15) is 14.4 Å². The van der Waals surface area contributed by atoms with Gasteiger partial charge in [0.2, 0.25) is 17.7 Å². The fourth-order valence-corrected chi connectivity index (χ4v) is 6.36. The highest BCUT2D eigenvalue weighted by atomic mass is 16.5. The Morgan fingerprint density at radius 2 is 1.88 bits per heavy atom. The average molecular weight is 472 g/mol. The monoisotopic (exact) mass is 471 g/mol. The summed E-state index contributed by atoms with van der Waals surface area (Å²) in [5.74, 6) is -2.05. The molecule has 0 saturated carbocycles. The van der Waals surface area contributed by atoms with Gasteiger partial charge in [0.15, 0.2) is 0 Å². The number of hydrogen-bond donors (Lipinski definition) is 3. The van der Waals surface area contributed by atoms with E-state index in [1.807, 2.05) is 58.0 Å². The smallest absolute Gasteiger partial charge is 0.246 e. The molecule has 3 aliphatic rings. The molecule has 34 heavy (non-hydrogen) atoms. The van der Waals surface area contributed by atoms with Crippen molar-refractivity contribution in [2.75, 3.05) is 18.5 Å².